The molecule has 35 heavy (non-hydrogen) atoms. The highest BCUT2D eigenvalue weighted by Crippen LogP contribution is 2.67. The van der Waals surface area contributed by atoms with E-state index in [0.717, 1.165) is 13.0 Å². The SMILES string of the molecule is CCCCCCCCOC(c1ccccc1)[P+](c1ccccc1)(c1ccccc1)c1ccccc1. The fourth-order valence-electron chi connectivity index (χ4n) is 4.97. The Morgan fingerprint density at radius 2 is 0.914 bits per heavy atom. The Balaban J connectivity index is 1.82. The predicted octanol–water partition coefficient (Wildman–Crippen LogP) is 8.06. The first-order valence-corrected chi connectivity index (χ1v) is 14.9. The van der Waals surface area contributed by atoms with Gasteiger partial charge < -0.3 is 4.74 Å². The summed E-state index contributed by atoms with van der Waals surface area (Å²) >= 11 is 0. The van der Waals surface area contributed by atoms with Crippen LogP contribution < -0.4 is 15.9 Å². The van der Waals surface area contributed by atoms with Gasteiger partial charge >= 0.3 is 0 Å². The van der Waals surface area contributed by atoms with Crippen molar-refractivity contribution >= 4 is 23.2 Å². The lowest BCUT2D eigenvalue weighted by atomic mass is 10.1. The van der Waals surface area contributed by atoms with Crippen molar-refractivity contribution in [3.63, 3.8) is 0 Å². The minimum Gasteiger partial charge on any atom is -0.339 e. The van der Waals surface area contributed by atoms with E-state index in [1.54, 1.807) is 0 Å². The lowest BCUT2D eigenvalue weighted by molar-refractivity contribution is 0.105. The monoisotopic (exact) mass is 481 g/mol. The van der Waals surface area contributed by atoms with Crippen molar-refractivity contribution < 1.29 is 4.74 Å². The molecule has 0 amide bonds. The van der Waals surface area contributed by atoms with Crippen LogP contribution in [-0.2, 0) is 4.74 Å². The van der Waals surface area contributed by atoms with Gasteiger partial charge in [-0.05, 0) is 42.8 Å². The van der Waals surface area contributed by atoms with Crippen LogP contribution in [0.1, 0.15) is 56.9 Å². The molecule has 0 aliphatic rings. The van der Waals surface area contributed by atoms with Crippen LogP contribution in [0.5, 0.6) is 0 Å². The topological polar surface area (TPSA) is 9.23 Å². The normalized spacial score (nSPS) is 12.4. The highest BCUT2D eigenvalue weighted by atomic mass is 31.2. The van der Waals surface area contributed by atoms with Crippen LogP contribution in [0.15, 0.2) is 121 Å². The van der Waals surface area contributed by atoms with Crippen molar-refractivity contribution in [1.82, 2.24) is 0 Å². The van der Waals surface area contributed by atoms with E-state index in [0.29, 0.717) is 0 Å². The zero-order chi connectivity index (χ0) is 24.2. The van der Waals surface area contributed by atoms with Crippen molar-refractivity contribution in [3.05, 3.63) is 127 Å². The van der Waals surface area contributed by atoms with E-state index in [4.69, 9.17) is 4.74 Å². The Kier molecular flexibility index (Phi) is 9.70. The van der Waals surface area contributed by atoms with E-state index in [1.807, 2.05) is 0 Å². The van der Waals surface area contributed by atoms with Gasteiger partial charge in [0.25, 0.3) is 0 Å². The first-order valence-electron chi connectivity index (χ1n) is 13.1. The maximum Gasteiger partial charge on any atom is 0.206 e. The van der Waals surface area contributed by atoms with E-state index < -0.39 is 7.26 Å². The number of benzene rings is 4. The third kappa shape index (κ3) is 6.10. The Bertz CT molecular complexity index is 1000. The molecule has 180 valence electrons. The molecule has 0 saturated carbocycles. The van der Waals surface area contributed by atoms with Crippen molar-refractivity contribution in [2.75, 3.05) is 6.61 Å². The van der Waals surface area contributed by atoms with Crippen molar-refractivity contribution in [2.24, 2.45) is 0 Å². The zero-order valence-electron chi connectivity index (χ0n) is 20.9. The molecule has 4 aromatic rings. The lowest BCUT2D eigenvalue weighted by Crippen LogP contribution is -2.36. The molecule has 0 N–H and O–H groups in total. The highest BCUT2D eigenvalue weighted by molar-refractivity contribution is 7.95. The molecular weight excluding hydrogens is 443 g/mol. The van der Waals surface area contributed by atoms with Gasteiger partial charge in [-0.25, -0.2) is 0 Å². The summed E-state index contributed by atoms with van der Waals surface area (Å²) in [7, 11) is -2.17. The molecule has 0 aliphatic heterocycles. The molecule has 2 heteroatoms. The second kappa shape index (κ2) is 13.4. The van der Waals surface area contributed by atoms with Gasteiger partial charge in [0.2, 0.25) is 5.85 Å². The maximum atomic E-state index is 7.01. The van der Waals surface area contributed by atoms with Gasteiger partial charge in [0.15, 0.2) is 0 Å². The van der Waals surface area contributed by atoms with E-state index >= 15 is 0 Å². The molecule has 1 atom stereocenters. The van der Waals surface area contributed by atoms with Crippen molar-refractivity contribution in [1.29, 1.82) is 0 Å². The quantitative estimate of drug-likeness (QED) is 0.139. The van der Waals surface area contributed by atoms with Gasteiger partial charge in [-0.15, -0.1) is 0 Å². The summed E-state index contributed by atoms with van der Waals surface area (Å²) in [4.78, 5) is 0. The van der Waals surface area contributed by atoms with Crippen LogP contribution in [0.2, 0.25) is 0 Å². The summed E-state index contributed by atoms with van der Waals surface area (Å²) in [5.74, 6) is -0.0495. The fourth-order valence-corrected chi connectivity index (χ4v) is 9.55. The number of unbranched alkanes of at least 4 members (excludes halogenated alkanes) is 5. The predicted molar refractivity (Wildman–Crippen MR) is 154 cm³/mol. The van der Waals surface area contributed by atoms with Crippen LogP contribution >= 0.6 is 7.26 Å². The number of ether oxygens (including phenoxy) is 1. The third-order valence-electron chi connectivity index (χ3n) is 6.70. The van der Waals surface area contributed by atoms with Crippen LogP contribution in [0, 0.1) is 0 Å². The molecule has 0 radical (unpaired) electrons. The van der Waals surface area contributed by atoms with Crippen LogP contribution in [0.3, 0.4) is 0 Å². The molecule has 4 aromatic carbocycles. The summed E-state index contributed by atoms with van der Waals surface area (Å²) in [5.41, 5.74) is 1.25. The highest BCUT2D eigenvalue weighted by Gasteiger charge is 2.54. The standard InChI is InChI=1S/C33H38OP/c1-2-3-4-5-6-19-28-34-33(29-20-11-7-12-21-29)35(30-22-13-8-14-23-30,31-24-15-9-16-25-31)32-26-17-10-18-27-32/h7-18,20-27,33H,2-6,19,28H2,1H3/q+1. The first kappa shape index (κ1) is 25.4. The Morgan fingerprint density at radius 3 is 1.37 bits per heavy atom. The third-order valence-corrected chi connectivity index (χ3v) is 11.2. The number of hydrogen-bond donors (Lipinski definition) is 0. The number of hydrogen-bond acceptors (Lipinski definition) is 1. The Labute approximate surface area is 212 Å². The molecule has 1 unspecified atom stereocenters. The van der Waals surface area contributed by atoms with E-state index in [2.05, 4.69) is 128 Å². The summed E-state index contributed by atoms with van der Waals surface area (Å²) in [5, 5.41) is 4.07. The van der Waals surface area contributed by atoms with Crippen LogP contribution in [-0.4, -0.2) is 6.61 Å². The molecule has 0 heterocycles. The largest absolute Gasteiger partial charge is 0.339 e. The molecule has 0 saturated heterocycles. The minimum absolute atomic E-state index is 0.0495. The summed E-state index contributed by atoms with van der Waals surface area (Å²) < 4.78 is 7.01. The zero-order valence-corrected chi connectivity index (χ0v) is 21.8. The van der Waals surface area contributed by atoms with Gasteiger partial charge in [-0.1, -0.05) is 124 Å². The molecule has 1 nitrogen and oxygen atoms in total. The number of rotatable bonds is 13. The van der Waals surface area contributed by atoms with Gasteiger partial charge in [0.1, 0.15) is 23.2 Å². The smallest absolute Gasteiger partial charge is 0.206 e. The molecule has 0 bridgehead atoms. The van der Waals surface area contributed by atoms with E-state index in [-0.39, 0.29) is 5.85 Å². The van der Waals surface area contributed by atoms with Crippen molar-refractivity contribution in [3.8, 4) is 0 Å². The summed E-state index contributed by atoms with van der Waals surface area (Å²) in [6.45, 7) is 3.05. The maximum absolute atomic E-state index is 7.01. The fraction of sp³-hybridized carbons (Fsp3) is 0.273. The molecule has 0 fully saturated rings. The first-order chi connectivity index (χ1) is 17.4. The van der Waals surface area contributed by atoms with Gasteiger partial charge in [-0.3, -0.25) is 0 Å². The lowest BCUT2D eigenvalue weighted by Gasteiger charge is -2.34. The minimum atomic E-state index is -2.17. The van der Waals surface area contributed by atoms with E-state index in [9.17, 15) is 0 Å². The summed E-state index contributed by atoms with van der Waals surface area (Å²) in [6, 6.07) is 44.1. The van der Waals surface area contributed by atoms with E-state index in [1.165, 1.54) is 53.6 Å². The molecule has 0 aromatic heterocycles. The van der Waals surface area contributed by atoms with Crippen molar-refractivity contribution in [2.45, 2.75) is 51.3 Å². The second-order valence-corrected chi connectivity index (χ2v) is 12.6. The molecule has 4 rings (SSSR count). The van der Waals surface area contributed by atoms with Gasteiger partial charge in [0.05, 0.1) is 6.61 Å². The van der Waals surface area contributed by atoms with Crippen LogP contribution in [0.25, 0.3) is 0 Å². The Morgan fingerprint density at radius 1 is 0.514 bits per heavy atom. The van der Waals surface area contributed by atoms with Gasteiger partial charge in [0, 0.05) is 5.56 Å². The molecule has 0 spiro atoms. The molecular formula is C33H38OP+. The summed E-state index contributed by atoms with van der Waals surface area (Å²) in [6.07, 6.45) is 7.57. The van der Waals surface area contributed by atoms with Gasteiger partial charge in [-0.2, -0.15) is 0 Å². The average Bonchev–Trinajstić information content (AvgIpc) is 2.94. The second-order valence-electron chi connectivity index (χ2n) is 9.13. The Hall–Kier alpha value is -2.73. The average molecular weight is 482 g/mol. The van der Waals surface area contributed by atoms with Crippen LogP contribution in [0.4, 0.5) is 0 Å². The molecule has 0 aliphatic carbocycles.